The predicted molar refractivity (Wildman–Crippen MR) is 103 cm³/mol. The van der Waals surface area contributed by atoms with E-state index in [4.69, 9.17) is 4.74 Å². The van der Waals surface area contributed by atoms with Gasteiger partial charge in [0.15, 0.2) is 0 Å². The fourth-order valence-electron chi connectivity index (χ4n) is 3.00. The highest BCUT2D eigenvalue weighted by molar-refractivity contribution is 5.37. The molecule has 0 atom stereocenters. The lowest BCUT2D eigenvalue weighted by molar-refractivity contribution is 0.304. The molecule has 0 aliphatic heterocycles. The van der Waals surface area contributed by atoms with Gasteiger partial charge < -0.3 is 9.30 Å². The Hall–Kier alpha value is -1.70. The molecule has 0 radical (unpaired) electrons. The summed E-state index contributed by atoms with van der Waals surface area (Å²) in [5, 5.41) is 0. The van der Waals surface area contributed by atoms with Crippen LogP contribution in [0.4, 0.5) is 0 Å². The van der Waals surface area contributed by atoms with E-state index in [9.17, 15) is 0 Å². The molecule has 0 unspecified atom stereocenters. The van der Waals surface area contributed by atoms with Gasteiger partial charge in [-0.05, 0) is 42.8 Å². The van der Waals surface area contributed by atoms with Crippen molar-refractivity contribution in [3.05, 3.63) is 48.8 Å². The first-order chi connectivity index (χ1) is 11.9. The van der Waals surface area contributed by atoms with E-state index in [1.54, 1.807) is 0 Å². The van der Waals surface area contributed by atoms with Crippen molar-refractivity contribution in [2.75, 3.05) is 6.61 Å². The highest BCUT2D eigenvalue weighted by atomic mass is 16.5. The fraction of sp³-hybridized carbons (Fsp3) is 0.545. The number of hydrogen-bond donors (Lipinski definition) is 0. The molecule has 0 aliphatic carbocycles. The van der Waals surface area contributed by atoms with Gasteiger partial charge in [0.05, 0.1) is 6.61 Å². The third kappa shape index (κ3) is 7.25. The van der Waals surface area contributed by atoms with Crippen LogP contribution in [-0.2, 0) is 0 Å². The predicted octanol–water partition coefficient (Wildman–Crippen LogP) is 6.78. The molecule has 0 N–H and O–H groups in total. The van der Waals surface area contributed by atoms with E-state index < -0.39 is 0 Å². The first-order valence-corrected chi connectivity index (χ1v) is 9.76. The van der Waals surface area contributed by atoms with Crippen LogP contribution in [0.1, 0.15) is 71.1 Å². The number of ether oxygens (including phenoxy) is 1. The maximum absolute atomic E-state index is 5.84. The van der Waals surface area contributed by atoms with E-state index in [1.807, 2.05) is 12.1 Å². The lowest BCUT2D eigenvalue weighted by Gasteiger charge is -2.08. The third-order valence-corrected chi connectivity index (χ3v) is 4.51. The lowest BCUT2D eigenvalue weighted by atomic mass is 10.1. The summed E-state index contributed by atoms with van der Waals surface area (Å²) in [7, 11) is 0. The Morgan fingerprint density at radius 1 is 0.708 bits per heavy atom. The van der Waals surface area contributed by atoms with Crippen LogP contribution in [0.5, 0.6) is 5.75 Å². The van der Waals surface area contributed by atoms with Crippen LogP contribution in [0.25, 0.3) is 5.69 Å². The Morgan fingerprint density at radius 3 is 1.83 bits per heavy atom. The van der Waals surface area contributed by atoms with Gasteiger partial charge in [0.1, 0.15) is 5.75 Å². The van der Waals surface area contributed by atoms with Gasteiger partial charge in [0.25, 0.3) is 0 Å². The van der Waals surface area contributed by atoms with Crippen molar-refractivity contribution in [1.29, 1.82) is 0 Å². The topological polar surface area (TPSA) is 14.2 Å². The zero-order valence-corrected chi connectivity index (χ0v) is 15.3. The molecule has 24 heavy (non-hydrogen) atoms. The SMILES string of the molecule is CCCCCCCCCCCCOc1ccc(-n2cccc2)cc1. The molecule has 0 bridgehead atoms. The van der Waals surface area contributed by atoms with E-state index in [0.29, 0.717) is 0 Å². The van der Waals surface area contributed by atoms with Gasteiger partial charge in [-0.1, -0.05) is 64.7 Å². The molecule has 0 spiro atoms. The van der Waals surface area contributed by atoms with Gasteiger partial charge in [0.2, 0.25) is 0 Å². The average Bonchev–Trinajstić information content (AvgIpc) is 3.15. The first-order valence-electron chi connectivity index (χ1n) is 9.76. The zero-order valence-electron chi connectivity index (χ0n) is 15.3. The Morgan fingerprint density at radius 2 is 1.25 bits per heavy atom. The number of hydrogen-bond acceptors (Lipinski definition) is 1. The summed E-state index contributed by atoms with van der Waals surface area (Å²) in [5.41, 5.74) is 1.17. The summed E-state index contributed by atoms with van der Waals surface area (Å²) in [6, 6.07) is 12.4. The van der Waals surface area contributed by atoms with Crippen molar-refractivity contribution in [3.8, 4) is 11.4 Å². The summed E-state index contributed by atoms with van der Waals surface area (Å²) >= 11 is 0. The standard InChI is InChI=1S/C22H33NO/c1-2-3-4-5-6-7-8-9-10-13-20-24-22-16-14-21(15-17-22)23-18-11-12-19-23/h11-12,14-19H,2-10,13,20H2,1H3. The number of aromatic nitrogens is 1. The Bertz CT molecular complexity index is 515. The monoisotopic (exact) mass is 327 g/mol. The van der Waals surface area contributed by atoms with Gasteiger partial charge in [-0.15, -0.1) is 0 Å². The Labute approximate surface area is 147 Å². The molecule has 2 nitrogen and oxygen atoms in total. The van der Waals surface area contributed by atoms with Crippen molar-refractivity contribution in [2.24, 2.45) is 0 Å². The molecule has 132 valence electrons. The molecular formula is C22H33NO. The minimum absolute atomic E-state index is 0.833. The molecule has 1 aromatic heterocycles. The highest BCUT2D eigenvalue weighted by Crippen LogP contribution is 2.16. The number of nitrogens with zero attached hydrogens (tertiary/aromatic N) is 1. The molecule has 0 aliphatic rings. The van der Waals surface area contributed by atoms with E-state index in [-0.39, 0.29) is 0 Å². The molecule has 2 aromatic rings. The van der Waals surface area contributed by atoms with Crippen LogP contribution in [0.2, 0.25) is 0 Å². The number of benzene rings is 1. The van der Waals surface area contributed by atoms with Crippen LogP contribution < -0.4 is 4.74 Å². The second-order valence-electron chi connectivity index (χ2n) is 6.61. The van der Waals surface area contributed by atoms with Gasteiger partial charge in [0, 0.05) is 18.1 Å². The minimum Gasteiger partial charge on any atom is -0.494 e. The molecule has 0 fully saturated rings. The van der Waals surface area contributed by atoms with E-state index >= 15 is 0 Å². The third-order valence-electron chi connectivity index (χ3n) is 4.51. The maximum atomic E-state index is 5.84. The largest absolute Gasteiger partial charge is 0.494 e. The van der Waals surface area contributed by atoms with Crippen LogP contribution >= 0.6 is 0 Å². The molecule has 0 amide bonds. The highest BCUT2D eigenvalue weighted by Gasteiger charge is 1.97. The second-order valence-corrected chi connectivity index (χ2v) is 6.61. The minimum atomic E-state index is 0.833. The number of rotatable bonds is 13. The van der Waals surface area contributed by atoms with E-state index in [0.717, 1.165) is 18.8 Å². The second kappa shape index (κ2) is 11.8. The van der Waals surface area contributed by atoms with Crippen molar-refractivity contribution < 1.29 is 4.74 Å². The fourth-order valence-corrected chi connectivity index (χ4v) is 3.00. The molecule has 2 rings (SSSR count). The van der Waals surface area contributed by atoms with Crippen molar-refractivity contribution in [3.63, 3.8) is 0 Å². The molecule has 1 aromatic carbocycles. The summed E-state index contributed by atoms with van der Waals surface area (Å²) in [4.78, 5) is 0. The van der Waals surface area contributed by atoms with Gasteiger partial charge in [-0.25, -0.2) is 0 Å². The van der Waals surface area contributed by atoms with Crippen molar-refractivity contribution in [1.82, 2.24) is 4.57 Å². The van der Waals surface area contributed by atoms with Crippen molar-refractivity contribution in [2.45, 2.75) is 71.1 Å². The summed E-state index contributed by atoms with van der Waals surface area (Å²) in [6.07, 6.45) is 17.7. The maximum Gasteiger partial charge on any atom is 0.119 e. The first kappa shape index (κ1) is 18.6. The molecule has 1 heterocycles. The van der Waals surface area contributed by atoms with Crippen LogP contribution in [0, 0.1) is 0 Å². The molecule has 0 saturated heterocycles. The summed E-state index contributed by atoms with van der Waals surface area (Å²) in [5.74, 6) is 0.974. The van der Waals surface area contributed by atoms with Crippen LogP contribution in [-0.4, -0.2) is 11.2 Å². The van der Waals surface area contributed by atoms with Gasteiger partial charge in [-0.2, -0.15) is 0 Å². The van der Waals surface area contributed by atoms with Crippen LogP contribution in [0.15, 0.2) is 48.8 Å². The Balaban J connectivity index is 1.47. The van der Waals surface area contributed by atoms with E-state index in [1.165, 1.54) is 63.5 Å². The molecule has 2 heteroatoms. The van der Waals surface area contributed by atoms with Gasteiger partial charge >= 0.3 is 0 Å². The van der Waals surface area contributed by atoms with Gasteiger partial charge in [-0.3, -0.25) is 0 Å². The van der Waals surface area contributed by atoms with Crippen LogP contribution in [0.3, 0.4) is 0 Å². The average molecular weight is 328 g/mol. The Kier molecular flexibility index (Phi) is 9.15. The normalized spacial score (nSPS) is 10.9. The quantitative estimate of drug-likeness (QED) is 0.370. The molecular weight excluding hydrogens is 294 g/mol. The smallest absolute Gasteiger partial charge is 0.119 e. The molecule has 0 saturated carbocycles. The summed E-state index contributed by atoms with van der Waals surface area (Å²) in [6.45, 7) is 3.11. The summed E-state index contributed by atoms with van der Waals surface area (Å²) < 4.78 is 7.94. The van der Waals surface area contributed by atoms with E-state index in [2.05, 4.69) is 48.1 Å². The zero-order chi connectivity index (χ0) is 16.9. The van der Waals surface area contributed by atoms with Crippen molar-refractivity contribution >= 4 is 0 Å². The lowest BCUT2D eigenvalue weighted by Crippen LogP contribution is -1.98. The number of unbranched alkanes of at least 4 members (excludes halogenated alkanes) is 9.